The molecule has 15 heavy (non-hydrogen) atoms. The molecule has 1 nitrogen and oxygen atoms in total. The van der Waals surface area contributed by atoms with E-state index in [4.69, 9.17) is 0 Å². The molecule has 0 aliphatic heterocycles. The van der Waals surface area contributed by atoms with E-state index in [1.165, 1.54) is 12.0 Å². The second kappa shape index (κ2) is 7.50. The zero-order valence-electron chi connectivity index (χ0n) is 9.55. The Morgan fingerprint density at radius 1 is 1.53 bits per heavy atom. The smallest absolute Gasteiger partial charge is 0.0246 e. The molecule has 1 aromatic heterocycles. The van der Waals surface area contributed by atoms with Crippen LogP contribution in [-0.4, -0.2) is 12.6 Å². The molecule has 0 amide bonds. The van der Waals surface area contributed by atoms with Crippen LogP contribution >= 0.6 is 11.3 Å². The Bertz CT molecular complexity index is 305. The largest absolute Gasteiger partial charge is 0.313 e. The van der Waals surface area contributed by atoms with Crippen LogP contribution in [0.3, 0.4) is 0 Å². The first kappa shape index (κ1) is 12.3. The number of thiophene rings is 1. The summed E-state index contributed by atoms with van der Waals surface area (Å²) in [6.45, 7) is 5.18. The molecule has 0 aromatic carbocycles. The molecule has 2 heteroatoms. The average Bonchev–Trinajstić information content (AvgIpc) is 2.74. The molecule has 82 valence electrons. The SMILES string of the molecule is CC#CCC(Cc1ccsc1)NCCC. The molecular weight excluding hydrogens is 202 g/mol. The molecule has 0 radical (unpaired) electrons. The first-order chi connectivity index (χ1) is 7.36. The Balaban J connectivity index is 2.43. The maximum absolute atomic E-state index is 3.54. The van der Waals surface area contributed by atoms with Crippen molar-refractivity contribution >= 4 is 11.3 Å². The number of nitrogens with one attached hydrogen (secondary N) is 1. The normalized spacial score (nSPS) is 11.9. The van der Waals surface area contributed by atoms with Crippen molar-refractivity contribution in [3.05, 3.63) is 22.4 Å². The summed E-state index contributed by atoms with van der Waals surface area (Å²) in [6.07, 6.45) is 3.23. The fourth-order valence-electron chi connectivity index (χ4n) is 1.48. The average molecular weight is 221 g/mol. The van der Waals surface area contributed by atoms with Gasteiger partial charge in [-0.05, 0) is 48.7 Å². The van der Waals surface area contributed by atoms with Gasteiger partial charge in [0.2, 0.25) is 0 Å². The summed E-state index contributed by atoms with van der Waals surface area (Å²) in [4.78, 5) is 0. The maximum atomic E-state index is 3.54. The molecular formula is C13H19NS. The molecule has 0 aliphatic carbocycles. The van der Waals surface area contributed by atoms with Gasteiger partial charge in [-0.1, -0.05) is 6.92 Å². The Hall–Kier alpha value is -0.780. The van der Waals surface area contributed by atoms with Gasteiger partial charge in [0.05, 0.1) is 0 Å². The van der Waals surface area contributed by atoms with E-state index in [2.05, 4.69) is 40.9 Å². The Kier molecular flexibility index (Phi) is 6.15. The minimum Gasteiger partial charge on any atom is -0.313 e. The third-order valence-corrected chi connectivity index (χ3v) is 3.00. The van der Waals surface area contributed by atoms with E-state index in [0.717, 1.165) is 19.4 Å². The summed E-state index contributed by atoms with van der Waals surface area (Å²) in [5, 5.41) is 7.90. The van der Waals surface area contributed by atoms with Crippen LogP contribution in [-0.2, 0) is 6.42 Å². The van der Waals surface area contributed by atoms with E-state index in [-0.39, 0.29) is 0 Å². The van der Waals surface area contributed by atoms with Gasteiger partial charge in [0.15, 0.2) is 0 Å². The highest BCUT2D eigenvalue weighted by Crippen LogP contribution is 2.10. The highest BCUT2D eigenvalue weighted by atomic mass is 32.1. The fraction of sp³-hybridized carbons (Fsp3) is 0.538. The molecule has 1 unspecified atom stereocenters. The molecule has 0 fully saturated rings. The molecule has 1 heterocycles. The summed E-state index contributed by atoms with van der Waals surface area (Å²) in [5.74, 6) is 6.13. The lowest BCUT2D eigenvalue weighted by Crippen LogP contribution is -2.31. The fourth-order valence-corrected chi connectivity index (χ4v) is 2.17. The molecule has 1 aromatic rings. The molecule has 1 rings (SSSR count). The van der Waals surface area contributed by atoms with Crippen molar-refractivity contribution in [3.63, 3.8) is 0 Å². The zero-order valence-corrected chi connectivity index (χ0v) is 10.4. The second-order valence-electron chi connectivity index (χ2n) is 3.62. The van der Waals surface area contributed by atoms with Crippen LogP contribution in [0.25, 0.3) is 0 Å². The number of hydrogen-bond donors (Lipinski definition) is 1. The third-order valence-electron chi connectivity index (χ3n) is 2.27. The van der Waals surface area contributed by atoms with Crippen molar-refractivity contribution in [2.24, 2.45) is 0 Å². The van der Waals surface area contributed by atoms with Crippen molar-refractivity contribution in [2.75, 3.05) is 6.54 Å². The van der Waals surface area contributed by atoms with Crippen LogP contribution in [0.15, 0.2) is 16.8 Å². The van der Waals surface area contributed by atoms with E-state index >= 15 is 0 Å². The molecule has 1 atom stereocenters. The van der Waals surface area contributed by atoms with Crippen LogP contribution < -0.4 is 5.32 Å². The molecule has 0 spiro atoms. The lowest BCUT2D eigenvalue weighted by molar-refractivity contribution is 0.517. The van der Waals surface area contributed by atoms with Crippen molar-refractivity contribution in [1.29, 1.82) is 0 Å². The number of rotatable bonds is 6. The van der Waals surface area contributed by atoms with Crippen LogP contribution in [0.5, 0.6) is 0 Å². The topological polar surface area (TPSA) is 12.0 Å². The van der Waals surface area contributed by atoms with Crippen molar-refractivity contribution < 1.29 is 0 Å². The first-order valence-electron chi connectivity index (χ1n) is 5.51. The maximum Gasteiger partial charge on any atom is 0.0246 e. The molecule has 1 N–H and O–H groups in total. The Morgan fingerprint density at radius 2 is 2.40 bits per heavy atom. The van der Waals surface area contributed by atoms with Gasteiger partial charge in [-0.25, -0.2) is 0 Å². The summed E-state index contributed by atoms with van der Waals surface area (Å²) in [7, 11) is 0. The highest BCUT2D eigenvalue weighted by molar-refractivity contribution is 7.07. The third kappa shape index (κ3) is 5.01. The van der Waals surface area contributed by atoms with Crippen molar-refractivity contribution in [3.8, 4) is 11.8 Å². The van der Waals surface area contributed by atoms with Crippen LogP contribution in [0.1, 0.15) is 32.3 Å². The summed E-state index contributed by atoms with van der Waals surface area (Å²) in [6, 6.07) is 2.71. The van der Waals surface area contributed by atoms with Gasteiger partial charge in [0, 0.05) is 12.5 Å². The van der Waals surface area contributed by atoms with E-state index in [0.29, 0.717) is 6.04 Å². The van der Waals surface area contributed by atoms with Gasteiger partial charge in [-0.3, -0.25) is 0 Å². The Labute approximate surface area is 96.9 Å². The van der Waals surface area contributed by atoms with Gasteiger partial charge >= 0.3 is 0 Å². The van der Waals surface area contributed by atoms with Gasteiger partial charge < -0.3 is 5.32 Å². The highest BCUT2D eigenvalue weighted by Gasteiger charge is 2.07. The van der Waals surface area contributed by atoms with Gasteiger partial charge in [0.1, 0.15) is 0 Å². The lowest BCUT2D eigenvalue weighted by Gasteiger charge is -2.14. The first-order valence-corrected chi connectivity index (χ1v) is 6.45. The van der Waals surface area contributed by atoms with Gasteiger partial charge in [-0.15, -0.1) is 11.8 Å². The minimum absolute atomic E-state index is 0.506. The summed E-state index contributed by atoms with van der Waals surface area (Å²) < 4.78 is 0. The predicted molar refractivity (Wildman–Crippen MR) is 68.2 cm³/mol. The molecule has 0 bridgehead atoms. The number of hydrogen-bond acceptors (Lipinski definition) is 2. The second-order valence-corrected chi connectivity index (χ2v) is 4.40. The zero-order chi connectivity index (χ0) is 10.9. The van der Waals surface area contributed by atoms with E-state index in [1.807, 2.05) is 6.92 Å². The summed E-state index contributed by atoms with van der Waals surface area (Å²) >= 11 is 1.77. The molecule has 0 saturated carbocycles. The van der Waals surface area contributed by atoms with Gasteiger partial charge in [0.25, 0.3) is 0 Å². The molecule has 0 saturated heterocycles. The van der Waals surface area contributed by atoms with Gasteiger partial charge in [-0.2, -0.15) is 11.3 Å². The minimum atomic E-state index is 0.506. The van der Waals surface area contributed by atoms with E-state index < -0.39 is 0 Å². The molecule has 0 aliphatic rings. The monoisotopic (exact) mass is 221 g/mol. The predicted octanol–water partition coefficient (Wildman–Crippen LogP) is 3.07. The van der Waals surface area contributed by atoms with Crippen molar-refractivity contribution in [1.82, 2.24) is 5.32 Å². The Morgan fingerprint density at radius 3 is 3.00 bits per heavy atom. The van der Waals surface area contributed by atoms with Crippen LogP contribution in [0.2, 0.25) is 0 Å². The van der Waals surface area contributed by atoms with Crippen LogP contribution in [0, 0.1) is 11.8 Å². The van der Waals surface area contributed by atoms with Crippen molar-refractivity contribution in [2.45, 2.75) is 39.2 Å². The summed E-state index contributed by atoms with van der Waals surface area (Å²) in [5.41, 5.74) is 1.42. The quantitative estimate of drug-likeness (QED) is 0.728. The van der Waals surface area contributed by atoms with E-state index in [9.17, 15) is 0 Å². The van der Waals surface area contributed by atoms with Crippen LogP contribution in [0.4, 0.5) is 0 Å². The standard InChI is InChI=1S/C13H19NS/c1-3-5-6-13(14-8-4-2)10-12-7-9-15-11-12/h7,9,11,13-14H,4,6,8,10H2,1-2H3. The lowest BCUT2D eigenvalue weighted by atomic mass is 10.1. The van der Waals surface area contributed by atoms with E-state index in [1.54, 1.807) is 11.3 Å².